The van der Waals surface area contributed by atoms with Crippen LogP contribution < -0.4 is 14.5 Å². The molecule has 274 valence electrons. The largest absolute Gasteiger partial charge is 0.494 e. The van der Waals surface area contributed by atoms with Crippen LogP contribution >= 0.6 is 11.6 Å². The molecule has 9 nitrogen and oxygen atoms in total. The van der Waals surface area contributed by atoms with Crippen molar-refractivity contribution >= 4 is 40.7 Å². The van der Waals surface area contributed by atoms with Gasteiger partial charge in [0.15, 0.2) is 0 Å². The Balaban J connectivity index is 1.49. The topological polar surface area (TPSA) is 99.6 Å². The monoisotopic (exact) mass is 725 g/mol. The van der Waals surface area contributed by atoms with Crippen LogP contribution in [0.2, 0.25) is 5.02 Å². The summed E-state index contributed by atoms with van der Waals surface area (Å²) >= 11 is 6.77. The fraction of sp³-hybridized carbons (Fsp3) is 0.405. The minimum Gasteiger partial charge on any atom is -0.494 e. The standard InChI is InChI=1S/C42H48ClN3O6/c1-6-24-44(30-18-20-32(21-19-30)51-9-4)38(48)34-35-39(49)46(31(27-47)26-29-15-11-10-12-16-29)37(42(35)23-22-41(34,8-3)52-42)40(50)45(25-7-2)36-28(5)14-13-17-33(36)43/h6-7,10-21,31,34-35,37,47H,1-2,8-9,22-27H2,3-5H3/t31-,34+,35+,37?,41-,42?/m1/s1. The molecule has 6 atom stereocenters. The first-order valence-corrected chi connectivity index (χ1v) is 18.5. The summed E-state index contributed by atoms with van der Waals surface area (Å²) in [6.07, 6.45) is 4.93. The Morgan fingerprint density at radius 2 is 1.69 bits per heavy atom. The average Bonchev–Trinajstić information content (AvgIpc) is 3.76. The summed E-state index contributed by atoms with van der Waals surface area (Å²) in [5.41, 5.74) is 0.515. The third-order valence-electron chi connectivity index (χ3n) is 11.1. The smallest absolute Gasteiger partial charge is 0.253 e. The Morgan fingerprint density at radius 3 is 2.31 bits per heavy atom. The van der Waals surface area contributed by atoms with E-state index in [1.165, 1.54) is 4.90 Å². The van der Waals surface area contributed by atoms with Gasteiger partial charge in [-0.05, 0) is 81.0 Å². The fourth-order valence-electron chi connectivity index (χ4n) is 8.88. The highest BCUT2D eigenvalue weighted by atomic mass is 35.5. The molecule has 3 aromatic rings. The Labute approximate surface area is 311 Å². The second kappa shape index (κ2) is 15.3. The maximum absolute atomic E-state index is 15.4. The molecule has 3 amide bonds. The molecular weight excluding hydrogens is 678 g/mol. The lowest BCUT2D eigenvalue weighted by molar-refractivity contribution is -0.149. The van der Waals surface area contributed by atoms with E-state index in [0.717, 1.165) is 11.1 Å². The van der Waals surface area contributed by atoms with Gasteiger partial charge in [0.2, 0.25) is 11.8 Å². The van der Waals surface area contributed by atoms with E-state index in [0.29, 0.717) is 54.4 Å². The van der Waals surface area contributed by atoms with E-state index in [9.17, 15) is 5.11 Å². The van der Waals surface area contributed by atoms with E-state index in [1.807, 2.05) is 87.5 Å². The number of aliphatic hydroxyl groups excluding tert-OH is 1. The van der Waals surface area contributed by atoms with Gasteiger partial charge in [0.1, 0.15) is 17.4 Å². The van der Waals surface area contributed by atoms with Crippen molar-refractivity contribution in [3.8, 4) is 5.75 Å². The number of anilines is 2. The number of fused-ring (bicyclic) bond motifs is 1. The highest BCUT2D eigenvalue weighted by Gasteiger charge is 2.79. The second-order valence-corrected chi connectivity index (χ2v) is 14.3. The Bertz CT molecular complexity index is 1800. The molecular formula is C42H48ClN3O6. The summed E-state index contributed by atoms with van der Waals surface area (Å²) in [5.74, 6) is -2.22. The summed E-state index contributed by atoms with van der Waals surface area (Å²) in [5, 5.41) is 11.4. The van der Waals surface area contributed by atoms with Crippen molar-refractivity contribution in [1.29, 1.82) is 0 Å². The molecule has 3 aromatic carbocycles. The van der Waals surface area contributed by atoms with Crippen LogP contribution in [-0.4, -0.2) is 77.3 Å². The number of likely N-dealkylation sites (tertiary alicyclic amines) is 1. The molecule has 1 N–H and O–H groups in total. The lowest BCUT2D eigenvalue weighted by Gasteiger charge is -2.40. The van der Waals surface area contributed by atoms with Gasteiger partial charge in [-0.2, -0.15) is 0 Å². The highest BCUT2D eigenvalue weighted by Crippen LogP contribution is 2.65. The Hall–Kier alpha value is -4.44. The van der Waals surface area contributed by atoms with Crippen molar-refractivity contribution in [3.63, 3.8) is 0 Å². The van der Waals surface area contributed by atoms with Crippen molar-refractivity contribution in [2.75, 3.05) is 36.1 Å². The van der Waals surface area contributed by atoms with E-state index in [-0.39, 0.29) is 24.9 Å². The first-order chi connectivity index (χ1) is 25.1. The van der Waals surface area contributed by atoms with Crippen LogP contribution in [0, 0.1) is 18.8 Å². The number of rotatable bonds is 15. The second-order valence-electron chi connectivity index (χ2n) is 13.9. The third kappa shape index (κ3) is 6.22. The molecule has 52 heavy (non-hydrogen) atoms. The fourth-order valence-corrected chi connectivity index (χ4v) is 9.21. The quantitative estimate of drug-likeness (QED) is 0.179. The molecule has 3 saturated heterocycles. The van der Waals surface area contributed by atoms with Gasteiger partial charge < -0.3 is 29.3 Å². The number of aliphatic hydroxyl groups is 1. The van der Waals surface area contributed by atoms with Gasteiger partial charge in [0.05, 0.1) is 47.4 Å². The molecule has 1 spiro atoms. The third-order valence-corrected chi connectivity index (χ3v) is 11.4. The van der Waals surface area contributed by atoms with E-state index in [4.69, 9.17) is 21.1 Å². The van der Waals surface area contributed by atoms with Crippen molar-refractivity contribution in [1.82, 2.24) is 4.90 Å². The molecule has 2 unspecified atom stereocenters. The van der Waals surface area contributed by atoms with Crippen molar-refractivity contribution in [2.24, 2.45) is 11.8 Å². The van der Waals surface area contributed by atoms with Crippen molar-refractivity contribution < 1.29 is 29.0 Å². The van der Waals surface area contributed by atoms with Crippen LogP contribution in [0.1, 0.15) is 44.2 Å². The van der Waals surface area contributed by atoms with Gasteiger partial charge in [-0.15, -0.1) is 13.2 Å². The molecule has 3 fully saturated rings. The molecule has 2 bridgehead atoms. The number of benzene rings is 3. The van der Waals surface area contributed by atoms with Crippen LogP contribution in [0.25, 0.3) is 0 Å². The number of halogens is 1. The zero-order valence-corrected chi connectivity index (χ0v) is 30.9. The maximum atomic E-state index is 15.4. The minimum atomic E-state index is -1.33. The number of nitrogens with zero attached hydrogens (tertiary/aromatic N) is 3. The minimum absolute atomic E-state index is 0.122. The zero-order chi connectivity index (χ0) is 37.2. The Morgan fingerprint density at radius 1 is 1.00 bits per heavy atom. The average molecular weight is 726 g/mol. The normalized spacial score (nSPS) is 25.1. The van der Waals surface area contributed by atoms with E-state index in [2.05, 4.69) is 13.2 Å². The number of carbonyl (C=O) groups excluding carboxylic acids is 3. The molecule has 0 radical (unpaired) electrons. The zero-order valence-electron chi connectivity index (χ0n) is 30.2. The van der Waals surface area contributed by atoms with Crippen molar-refractivity contribution in [3.05, 3.63) is 114 Å². The molecule has 10 heteroatoms. The van der Waals surface area contributed by atoms with Crippen LogP contribution in [0.5, 0.6) is 5.75 Å². The summed E-state index contributed by atoms with van der Waals surface area (Å²) in [6, 6.07) is 20.3. The van der Waals surface area contributed by atoms with Crippen LogP contribution in [0.4, 0.5) is 11.4 Å². The van der Waals surface area contributed by atoms with E-state index >= 15 is 14.4 Å². The summed E-state index contributed by atoms with van der Waals surface area (Å²) in [6.45, 7) is 14.1. The van der Waals surface area contributed by atoms with Gasteiger partial charge in [0.25, 0.3) is 5.91 Å². The van der Waals surface area contributed by atoms with Gasteiger partial charge in [-0.3, -0.25) is 14.4 Å². The van der Waals surface area contributed by atoms with E-state index in [1.54, 1.807) is 28.0 Å². The molecule has 3 aliphatic rings. The lowest BCUT2D eigenvalue weighted by atomic mass is 9.64. The van der Waals surface area contributed by atoms with E-state index < -0.39 is 47.6 Å². The molecule has 6 rings (SSSR count). The first kappa shape index (κ1) is 37.3. The number of ether oxygens (including phenoxy) is 2. The molecule has 3 aliphatic heterocycles. The van der Waals surface area contributed by atoms with Gasteiger partial charge >= 0.3 is 0 Å². The van der Waals surface area contributed by atoms with Gasteiger partial charge in [0, 0.05) is 18.8 Å². The number of hydrogen-bond donors (Lipinski definition) is 1. The number of para-hydroxylation sites is 1. The lowest BCUT2D eigenvalue weighted by Crippen LogP contribution is -2.59. The van der Waals surface area contributed by atoms with Gasteiger partial charge in [-0.1, -0.05) is 73.1 Å². The predicted octanol–water partition coefficient (Wildman–Crippen LogP) is 6.54. The van der Waals surface area contributed by atoms with Crippen LogP contribution in [0.15, 0.2) is 98.1 Å². The molecule has 0 aromatic heterocycles. The number of hydrogen-bond acceptors (Lipinski definition) is 6. The maximum Gasteiger partial charge on any atom is 0.253 e. The predicted molar refractivity (Wildman–Crippen MR) is 204 cm³/mol. The SMILES string of the molecule is C=CCN(C(=O)[C@@H]1[C@H]2C(=O)N([C@@H](CO)Cc3ccccc3)C(C(=O)N(CC=C)c3c(C)cccc3Cl)C23CC[C@@]1(CC)O3)c1ccc(OCC)cc1. The number of aryl methyl sites for hydroxylation is 1. The highest BCUT2D eigenvalue weighted by molar-refractivity contribution is 6.34. The summed E-state index contributed by atoms with van der Waals surface area (Å²) < 4.78 is 12.8. The molecule has 0 saturated carbocycles. The molecule has 0 aliphatic carbocycles. The van der Waals surface area contributed by atoms with Gasteiger partial charge in [-0.25, -0.2) is 0 Å². The van der Waals surface area contributed by atoms with Crippen LogP contribution in [0.3, 0.4) is 0 Å². The van der Waals surface area contributed by atoms with Crippen molar-refractivity contribution in [2.45, 2.75) is 69.7 Å². The van der Waals surface area contributed by atoms with Crippen LogP contribution in [-0.2, 0) is 25.5 Å². The summed E-state index contributed by atoms with van der Waals surface area (Å²) in [7, 11) is 0. The summed E-state index contributed by atoms with van der Waals surface area (Å²) in [4.78, 5) is 50.4. The first-order valence-electron chi connectivity index (χ1n) is 18.1. The Kier molecular flexibility index (Phi) is 11.0. The molecule has 3 heterocycles. The number of amides is 3. The number of carbonyl (C=O) groups is 3.